The highest BCUT2D eigenvalue weighted by Crippen LogP contribution is 2.22. The first kappa shape index (κ1) is 20.5. The van der Waals surface area contributed by atoms with Crippen LogP contribution in [-0.2, 0) is 27.3 Å². The van der Waals surface area contributed by atoms with E-state index in [9.17, 15) is 9.59 Å². The molecule has 1 atom stereocenters. The number of benzene rings is 2. The first-order chi connectivity index (χ1) is 13.0. The maximum Gasteiger partial charge on any atom is 0.328 e. The normalized spacial score (nSPS) is 11.5. The van der Waals surface area contributed by atoms with Gasteiger partial charge < -0.3 is 20.1 Å². The Bertz CT molecular complexity index is 762. The van der Waals surface area contributed by atoms with Crippen LogP contribution >= 0.6 is 0 Å². The first-order valence-electron chi connectivity index (χ1n) is 8.79. The highest BCUT2D eigenvalue weighted by atomic mass is 16.5. The van der Waals surface area contributed by atoms with Gasteiger partial charge in [-0.3, -0.25) is 4.79 Å². The molecule has 0 aliphatic carbocycles. The van der Waals surface area contributed by atoms with Crippen molar-refractivity contribution in [2.45, 2.75) is 25.9 Å². The summed E-state index contributed by atoms with van der Waals surface area (Å²) in [5, 5.41) is 5.82. The molecule has 2 N–H and O–H groups in total. The minimum atomic E-state index is -0.758. The molecule has 2 rings (SSSR count). The maximum atomic E-state index is 12.3. The largest absolute Gasteiger partial charge is 0.496 e. The molecular weight excluding hydrogens is 344 g/mol. The zero-order chi connectivity index (χ0) is 19.6. The van der Waals surface area contributed by atoms with E-state index >= 15 is 0 Å². The topological polar surface area (TPSA) is 76.7 Å². The van der Waals surface area contributed by atoms with Gasteiger partial charge in [0.15, 0.2) is 0 Å². The minimum absolute atomic E-state index is 0.111. The molecule has 0 aliphatic rings. The summed E-state index contributed by atoms with van der Waals surface area (Å²) in [5.41, 5.74) is 2.94. The van der Waals surface area contributed by atoms with Gasteiger partial charge in [0, 0.05) is 13.0 Å². The van der Waals surface area contributed by atoms with E-state index in [4.69, 9.17) is 9.47 Å². The number of esters is 1. The van der Waals surface area contributed by atoms with Crippen LogP contribution in [0.2, 0.25) is 0 Å². The summed E-state index contributed by atoms with van der Waals surface area (Å²) in [4.78, 5) is 24.4. The predicted octanol–water partition coefficient (Wildman–Crippen LogP) is 1.99. The molecule has 0 heterocycles. The third kappa shape index (κ3) is 6.11. The minimum Gasteiger partial charge on any atom is -0.496 e. The van der Waals surface area contributed by atoms with E-state index in [1.807, 2.05) is 55.5 Å². The van der Waals surface area contributed by atoms with Crippen LogP contribution in [0.5, 0.6) is 5.75 Å². The number of carbonyl (C=O) groups is 2. The highest BCUT2D eigenvalue weighted by Gasteiger charge is 2.23. The van der Waals surface area contributed by atoms with Crippen molar-refractivity contribution in [1.82, 2.24) is 10.6 Å². The lowest BCUT2D eigenvalue weighted by Crippen LogP contribution is -2.46. The Morgan fingerprint density at radius 1 is 1.04 bits per heavy atom. The monoisotopic (exact) mass is 370 g/mol. The zero-order valence-electron chi connectivity index (χ0n) is 16.0. The van der Waals surface area contributed by atoms with Crippen molar-refractivity contribution >= 4 is 11.9 Å². The highest BCUT2D eigenvalue weighted by molar-refractivity contribution is 5.85. The number of carbonyl (C=O) groups excluding carboxylic acids is 2. The fourth-order valence-corrected chi connectivity index (χ4v) is 2.82. The van der Waals surface area contributed by atoms with Crippen molar-refractivity contribution in [2.75, 3.05) is 20.8 Å². The lowest BCUT2D eigenvalue weighted by Gasteiger charge is -2.19. The first-order valence-corrected chi connectivity index (χ1v) is 8.79. The molecular formula is C21H26N2O4. The van der Waals surface area contributed by atoms with E-state index in [0.29, 0.717) is 13.0 Å². The Morgan fingerprint density at radius 2 is 1.78 bits per heavy atom. The van der Waals surface area contributed by atoms with Gasteiger partial charge in [-0.15, -0.1) is 0 Å². The molecule has 0 spiro atoms. The SMILES string of the molecule is COC(=O)C(Cc1cccc(OC)c1C)NC(=O)CNCc1ccccc1. The molecule has 0 saturated carbocycles. The fourth-order valence-electron chi connectivity index (χ4n) is 2.82. The van der Waals surface area contributed by atoms with Crippen LogP contribution in [0.1, 0.15) is 16.7 Å². The Kier molecular flexibility index (Phi) is 7.82. The third-order valence-corrected chi connectivity index (χ3v) is 4.32. The van der Waals surface area contributed by atoms with Gasteiger partial charge >= 0.3 is 5.97 Å². The van der Waals surface area contributed by atoms with Crippen LogP contribution in [0.25, 0.3) is 0 Å². The number of hydrogen-bond donors (Lipinski definition) is 2. The van der Waals surface area contributed by atoms with Crippen LogP contribution in [0, 0.1) is 6.92 Å². The van der Waals surface area contributed by atoms with E-state index in [2.05, 4.69) is 10.6 Å². The van der Waals surface area contributed by atoms with E-state index in [1.54, 1.807) is 7.11 Å². The number of amides is 1. The summed E-state index contributed by atoms with van der Waals surface area (Å²) in [6.45, 7) is 2.61. The van der Waals surface area contributed by atoms with Gasteiger partial charge in [0.05, 0.1) is 20.8 Å². The number of methoxy groups -OCH3 is 2. The Balaban J connectivity index is 1.95. The molecule has 0 radical (unpaired) electrons. The smallest absolute Gasteiger partial charge is 0.328 e. The summed E-state index contributed by atoms with van der Waals surface area (Å²) >= 11 is 0. The third-order valence-electron chi connectivity index (χ3n) is 4.32. The Morgan fingerprint density at radius 3 is 2.44 bits per heavy atom. The second-order valence-electron chi connectivity index (χ2n) is 6.18. The van der Waals surface area contributed by atoms with E-state index in [1.165, 1.54) is 7.11 Å². The molecule has 0 aromatic heterocycles. The van der Waals surface area contributed by atoms with Gasteiger partial charge in [0.2, 0.25) is 5.91 Å². The molecule has 27 heavy (non-hydrogen) atoms. The van der Waals surface area contributed by atoms with Crippen molar-refractivity contribution < 1.29 is 19.1 Å². The Labute approximate surface area is 159 Å². The average molecular weight is 370 g/mol. The van der Waals surface area contributed by atoms with Crippen molar-refractivity contribution in [3.05, 3.63) is 65.2 Å². The van der Waals surface area contributed by atoms with Gasteiger partial charge in [-0.2, -0.15) is 0 Å². The molecule has 144 valence electrons. The molecule has 1 unspecified atom stereocenters. The lowest BCUT2D eigenvalue weighted by atomic mass is 10.00. The Hall–Kier alpha value is -2.86. The van der Waals surface area contributed by atoms with Crippen LogP contribution in [-0.4, -0.2) is 38.7 Å². The van der Waals surface area contributed by atoms with Crippen molar-refractivity contribution in [3.8, 4) is 5.75 Å². The molecule has 6 heteroatoms. The molecule has 2 aromatic rings. The van der Waals surface area contributed by atoms with Gasteiger partial charge in [-0.1, -0.05) is 42.5 Å². The molecule has 6 nitrogen and oxygen atoms in total. The standard InChI is InChI=1S/C21H26N2O4/c1-15-17(10-7-11-19(15)26-2)12-18(21(25)27-3)23-20(24)14-22-13-16-8-5-4-6-9-16/h4-11,18,22H,12-14H2,1-3H3,(H,23,24). The molecule has 0 bridgehead atoms. The van der Waals surface area contributed by atoms with Gasteiger partial charge in [0.1, 0.15) is 11.8 Å². The van der Waals surface area contributed by atoms with E-state index < -0.39 is 12.0 Å². The number of rotatable bonds is 9. The molecule has 1 amide bonds. The van der Waals surface area contributed by atoms with Crippen LogP contribution in [0.3, 0.4) is 0 Å². The summed E-state index contributed by atoms with van der Waals surface area (Å²) < 4.78 is 10.2. The molecule has 0 aliphatic heterocycles. The predicted molar refractivity (Wildman–Crippen MR) is 104 cm³/mol. The van der Waals surface area contributed by atoms with Crippen molar-refractivity contribution in [3.63, 3.8) is 0 Å². The second-order valence-corrected chi connectivity index (χ2v) is 6.18. The van der Waals surface area contributed by atoms with Crippen LogP contribution in [0.15, 0.2) is 48.5 Å². The average Bonchev–Trinajstić information content (AvgIpc) is 2.69. The summed E-state index contributed by atoms with van der Waals surface area (Å²) in [6, 6.07) is 14.7. The van der Waals surface area contributed by atoms with Gasteiger partial charge in [-0.25, -0.2) is 4.79 Å². The second kappa shape index (κ2) is 10.3. The van der Waals surface area contributed by atoms with Gasteiger partial charge in [-0.05, 0) is 29.7 Å². The van der Waals surface area contributed by atoms with Crippen LogP contribution < -0.4 is 15.4 Å². The summed E-state index contributed by atoms with van der Waals surface area (Å²) in [5.74, 6) is 0.00230. The van der Waals surface area contributed by atoms with E-state index in [0.717, 1.165) is 22.4 Å². The lowest BCUT2D eigenvalue weighted by molar-refractivity contribution is -0.144. The molecule has 0 fully saturated rings. The van der Waals surface area contributed by atoms with Crippen molar-refractivity contribution in [2.24, 2.45) is 0 Å². The zero-order valence-corrected chi connectivity index (χ0v) is 16.0. The molecule has 0 saturated heterocycles. The quantitative estimate of drug-likeness (QED) is 0.660. The molecule has 2 aromatic carbocycles. The maximum absolute atomic E-state index is 12.3. The van der Waals surface area contributed by atoms with E-state index in [-0.39, 0.29) is 12.5 Å². The van der Waals surface area contributed by atoms with Gasteiger partial charge in [0.25, 0.3) is 0 Å². The fraction of sp³-hybridized carbons (Fsp3) is 0.333. The van der Waals surface area contributed by atoms with Crippen LogP contribution in [0.4, 0.5) is 0 Å². The van der Waals surface area contributed by atoms with Crippen molar-refractivity contribution in [1.29, 1.82) is 0 Å². The number of hydrogen-bond acceptors (Lipinski definition) is 5. The number of nitrogens with one attached hydrogen (secondary N) is 2. The number of ether oxygens (including phenoxy) is 2. The summed E-state index contributed by atoms with van der Waals surface area (Å²) in [6.07, 6.45) is 0.333. The summed E-state index contributed by atoms with van der Waals surface area (Å²) in [7, 11) is 2.91.